The molecule has 0 heterocycles. The second kappa shape index (κ2) is 7.21. The maximum atomic E-state index is 3.39. The summed E-state index contributed by atoms with van der Waals surface area (Å²) in [7, 11) is 0. The van der Waals surface area contributed by atoms with E-state index in [0.717, 1.165) is 0 Å². The molecule has 0 aromatic carbocycles. The van der Waals surface area contributed by atoms with E-state index in [2.05, 4.69) is 89.8 Å². The highest BCUT2D eigenvalue weighted by atomic mass is 14.4. The number of hydrogen-bond acceptors (Lipinski definition) is 0. The highest BCUT2D eigenvalue weighted by Crippen LogP contribution is 2.50. The molecule has 2 aliphatic rings. The topological polar surface area (TPSA) is 0 Å². The maximum Gasteiger partial charge on any atom is -0.000697 e. The third-order valence-corrected chi connectivity index (χ3v) is 6.48. The molecule has 0 spiro atoms. The summed E-state index contributed by atoms with van der Waals surface area (Å²) >= 11 is 0. The Labute approximate surface area is 161 Å². The lowest BCUT2D eigenvalue weighted by atomic mass is 9.62. The summed E-state index contributed by atoms with van der Waals surface area (Å²) in [6.07, 6.45) is 7.44. The van der Waals surface area contributed by atoms with E-state index >= 15 is 0 Å². The zero-order chi connectivity index (χ0) is 19.6. The van der Waals surface area contributed by atoms with Gasteiger partial charge in [-0.25, -0.2) is 0 Å². The zero-order valence-corrected chi connectivity index (χ0v) is 18.2. The van der Waals surface area contributed by atoms with E-state index in [9.17, 15) is 0 Å². The molecule has 26 heavy (non-hydrogen) atoms. The summed E-state index contributed by atoms with van der Waals surface area (Å²) in [5, 5.41) is 0. The van der Waals surface area contributed by atoms with Gasteiger partial charge in [-0.15, -0.1) is 0 Å². The lowest BCUT2D eigenvalue weighted by molar-refractivity contribution is 0.216. The van der Waals surface area contributed by atoms with Gasteiger partial charge in [-0.3, -0.25) is 0 Å². The molecule has 2 saturated carbocycles. The lowest BCUT2D eigenvalue weighted by Gasteiger charge is -2.42. The molecule has 0 radical (unpaired) electrons. The van der Waals surface area contributed by atoms with Crippen LogP contribution in [0.2, 0.25) is 0 Å². The molecule has 0 unspecified atom stereocenters. The first-order valence-corrected chi connectivity index (χ1v) is 10.2. The van der Waals surface area contributed by atoms with Gasteiger partial charge in [0.25, 0.3) is 0 Å². The Kier molecular flexibility index (Phi) is 5.74. The normalized spacial score (nSPS) is 24.9. The summed E-state index contributed by atoms with van der Waals surface area (Å²) in [4.78, 5) is 0. The third kappa shape index (κ3) is 4.57. The molecular formula is C26H36. The average molecular weight is 349 g/mol. The Morgan fingerprint density at radius 3 is 1.00 bits per heavy atom. The predicted molar refractivity (Wildman–Crippen MR) is 111 cm³/mol. The minimum Gasteiger partial charge on any atom is -0.0605 e. The molecule has 2 aliphatic carbocycles. The van der Waals surface area contributed by atoms with Gasteiger partial charge in [-0.1, -0.05) is 79.7 Å². The molecule has 2 rings (SSSR count). The molecule has 0 aromatic rings. The Balaban J connectivity index is 2.56. The first-order valence-electron chi connectivity index (χ1n) is 10.2. The summed E-state index contributed by atoms with van der Waals surface area (Å²) in [6.45, 7) is 18.5. The van der Waals surface area contributed by atoms with Crippen LogP contribution in [0.3, 0.4) is 0 Å². The fourth-order valence-electron chi connectivity index (χ4n) is 5.20. The SMILES string of the molecule is CC1(C)CCCC(C)(C)C1=C=C=C=C=C=C=C1C(C)(C)CCCC1(C)C. The molecule has 0 saturated heterocycles. The number of rotatable bonds is 0. The van der Waals surface area contributed by atoms with Crippen LogP contribution in [0.5, 0.6) is 0 Å². The lowest BCUT2D eigenvalue weighted by Crippen LogP contribution is -2.31. The average Bonchev–Trinajstić information content (AvgIpc) is 2.45. The number of allylic oxidation sites excluding steroid dienone is 2. The van der Waals surface area contributed by atoms with Gasteiger partial charge >= 0.3 is 0 Å². The van der Waals surface area contributed by atoms with Crippen molar-refractivity contribution in [3.05, 3.63) is 45.5 Å². The van der Waals surface area contributed by atoms with E-state index in [0.29, 0.717) is 0 Å². The fourth-order valence-corrected chi connectivity index (χ4v) is 5.20. The molecule has 0 N–H and O–H groups in total. The molecule has 0 heteroatoms. The summed E-state index contributed by atoms with van der Waals surface area (Å²) in [5.41, 5.74) is 22.4. The standard InChI is InChI=1S/C26H36/c1-23(2)17-13-18-24(3,4)21(23)15-11-9-10-12-16-22-25(5,6)19-14-20-26(22,7)8/h13-14,17-20H2,1-8H3. The summed E-state index contributed by atoms with van der Waals surface area (Å²) in [5.74, 6) is 0. The highest BCUT2D eigenvalue weighted by molar-refractivity contribution is 5.23. The van der Waals surface area contributed by atoms with Crippen LogP contribution in [-0.4, -0.2) is 0 Å². The van der Waals surface area contributed by atoms with Crippen LogP contribution >= 0.6 is 0 Å². The predicted octanol–water partition coefficient (Wildman–Crippen LogP) is 7.69. The van der Waals surface area contributed by atoms with Crippen LogP contribution in [0.4, 0.5) is 0 Å². The van der Waals surface area contributed by atoms with Crippen molar-refractivity contribution in [1.82, 2.24) is 0 Å². The van der Waals surface area contributed by atoms with Gasteiger partial charge in [0.15, 0.2) is 0 Å². The van der Waals surface area contributed by atoms with Gasteiger partial charge in [0.2, 0.25) is 0 Å². The second-order valence-corrected chi connectivity index (χ2v) is 10.7. The first-order chi connectivity index (χ1) is 11.9. The molecule has 140 valence electrons. The molecule has 0 atom stereocenters. The smallest absolute Gasteiger partial charge is 0.000697 e. The monoisotopic (exact) mass is 348 g/mol. The molecule has 2 fully saturated rings. The first kappa shape index (κ1) is 20.7. The van der Waals surface area contributed by atoms with Crippen LogP contribution in [0.25, 0.3) is 0 Å². The van der Waals surface area contributed by atoms with Crippen LogP contribution in [0.1, 0.15) is 93.9 Å². The zero-order valence-electron chi connectivity index (χ0n) is 18.2. The number of hydrogen-bond donors (Lipinski definition) is 0. The molecule has 0 aromatic heterocycles. The van der Waals surface area contributed by atoms with Gasteiger partial charge in [-0.05, 0) is 81.4 Å². The summed E-state index contributed by atoms with van der Waals surface area (Å²) < 4.78 is 0. The molecule has 0 nitrogen and oxygen atoms in total. The van der Waals surface area contributed by atoms with Crippen molar-refractivity contribution in [2.24, 2.45) is 21.7 Å². The highest BCUT2D eigenvalue weighted by Gasteiger charge is 2.39. The van der Waals surface area contributed by atoms with Gasteiger partial charge in [0.05, 0.1) is 0 Å². The Hall–Kier alpha value is -1.58. The van der Waals surface area contributed by atoms with Gasteiger partial charge in [0.1, 0.15) is 0 Å². The van der Waals surface area contributed by atoms with E-state index in [1.54, 1.807) is 0 Å². The van der Waals surface area contributed by atoms with Gasteiger partial charge < -0.3 is 0 Å². The van der Waals surface area contributed by atoms with Crippen LogP contribution in [-0.2, 0) is 0 Å². The minimum absolute atomic E-state index is 0.189. The second-order valence-electron chi connectivity index (χ2n) is 10.7. The third-order valence-electron chi connectivity index (χ3n) is 6.48. The van der Waals surface area contributed by atoms with Crippen LogP contribution in [0, 0.1) is 21.7 Å². The van der Waals surface area contributed by atoms with E-state index in [-0.39, 0.29) is 21.7 Å². The van der Waals surface area contributed by atoms with E-state index in [4.69, 9.17) is 0 Å². The molecule has 0 bridgehead atoms. The Bertz CT molecular complexity index is 695. The van der Waals surface area contributed by atoms with Crippen molar-refractivity contribution < 1.29 is 0 Å². The van der Waals surface area contributed by atoms with Gasteiger partial charge in [0, 0.05) is 0 Å². The quantitative estimate of drug-likeness (QED) is 0.394. The Morgan fingerprint density at radius 2 is 0.731 bits per heavy atom. The molecular weight excluding hydrogens is 312 g/mol. The molecule has 0 aliphatic heterocycles. The van der Waals surface area contributed by atoms with Crippen molar-refractivity contribution in [3.8, 4) is 0 Å². The van der Waals surface area contributed by atoms with Crippen molar-refractivity contribution in [2.45, 2.75) is 93.9 Å². The summed E-state index contributed by atoms with van der Waals surface area (Å²) in [6, 6.07) is 0. The minimum atomic E-state index is 0.189. The van der Waals surface area contributed by atoms with E-state index < -0.39 is 0 Å². The maximum absolute atomic E-state index is 3.39. The Morgan fingerprint density at radius 1 is 0.462 bits per heavy atom. The van der Waals surface area contributed by atoms with E-state index in [1.807, 2.05) is 0 Å². The van der Waals surface area contributed by atoms with Crippen LogP contribution in [0.15, 0.2) is 45.5 Å². The van der Waals surface area contributed by atoms with Crippen LogP contribution < -0.4 is 0 Å². The van der Waals surface area contributed by atoms with Crippen molar-refractivity contribution in [2.75, 3.05) is 0 Å². The molecule has 0 amide bonds. The van der Waals surface area contributed by atoms with E-state index in [1.165, 1.54) is 49.7 Å². The van der Waals surface area contributed by atoms with Crippen molar-refractivity contribution in [3.63, 3.8) is 0 Å². The largest absolute Gasteiger partial charge is 0.0605 e. The fraction of sp³-hybridized carbons (Fsp3) is 0.692. The van der Waals surface area contributed by atoms with Crippen molar-refractivity contribution >= 4 is 0 Å². The van der Waals surface area contributed by atoms with Gasteiger partial charge in [-0.2, -0.15) is 0 Å². The van der Waals surface area contributed by atoms with Crippen molar-refractivity contribution in [1.29, 1.82) is 0 Å².